The van der Waals surface area contributed by atoms with Crippen LogP contribution in [0.1, 0.15) is 20.8 Å². The third-order valence-electron chi connectivity index (χ3n) is 0.696. The third-order valence-corrected chi connectivity index (χ3v) is 0.942. The predicted octanol–water partition coefficient (Wildman–Crippen LogP) is 2.55. The number of hydrogen-bond donors (Lipinski definition) is 0. The molecule has 0 spiro atoms. The second-order valence-corrected chi connectivity index (χ2v) is 3.33. The Morgan fingerprint density at radius 2 is 1.88 bits per heavy atom. The van der Waals surface area contributed by atoms with Crippen LogP contribution in [0.3, 0.4) is 0 Å². The van der Waals surface area contributed by atoms with Gasteiger partial charge in [0.15, 0.2) is 0 Å². The van der Waals surface area contributed by atoms with Gasteiger partial charge < -0.3 is 0 Å². The Morgan fingerprint density at radius 1 is 1.38 bits per heavy atom. The average molecular weight is 156 g/mol. The second-order valence-electron chi connectivity index (χ2n) is 2.90. The van der Waals surface area contributed by atoms with Gasteiger partial charge in [0.25, 0.3) is 0 Å². The van der Waals surface area contributed by atoms with Gasteiger partial charge in [-0.1, -0.05) is 0 Å². The standard InChI is InChI=1S/C7H13.Co/c1-5-6-7(2,3)4;/h5-6H,1H2,2-4H3;. The minimum atomic E-state index is 0.321. The molecule has 0 nitrogen and oxygen atoms in total. The van der Waals surface area contributed by atoms with Gasteiger partial charge in [-0.25, -0.2) is 0 Å². The average Bonchev–Trinajstić information content (AvgIpc) is 1.59. The number of rotatable bonds is 1. The van der Waals surface area contributed by atoms with E-state index in [1.807, 2.05) is 0 Å². The molecule has 50 valence electrons. The van der Waals surface area contributed by atoms with E-state index in [0.29, 0.717) is 5.41 Å². The van der Waals surface area contributed by atoms with Crippen molar-refractivity contribution in [3.05, 3.63) is 12.2 Å². The summed E-state index contributed by atoms with van der Waals surface area (Å²) in [5.74, 6) is 0. The summed E-state index contributed by atoms with van der Waals surface area (Å²) >= 11 is 4.09. The van der Waals surface area contributed by atoms with Gasteiger partial charge >= 0.3 is 59.4 Å². The fraction of sp³-hybridized carbons (Fsp3) is 0.714. The zero-order valence-corrected chi connectivity index (χ0v) is 6.74. The maximum atomic E-state index is 4.09. The summed E-state index contributed by atoms with van der Waals surface area (Å²) in [6.07, 6.45) is 4.23. The molecule has 0 aromatic heterocycles. The van der Waals surface area contributed by atoms with E-state index in [1.54, 1.807) is 0 Å². The molecule has 8 heavy (non-hydrogen) atoms. The van der Waals surface area contributed by atoms with E-state index in [9.17, 15) is 0 Å². The Morgan fingerprint density at radius 3 is 2.00 bits per heavy atom. The van der Waals surface area contributed by atoms with Crippen LogP contribution in [-0.2, 0) is 15.7 Å². The first-order valence-electron chi connectivity index (χ1n) is 2.77. The van der Waals surface area contributed by atoms with E-state index in [-0.39, 0.29) is 0 Å². The normalized spacial score (nSPS) is 13.1. The van der Waals surface area contributed by atoms with E-state index in [1.165, 1.54) is 0 Å². The monoisotopic (exact) mass is 156 g/mol. The van der Waals surface area contributed by atoms with Gasteiger partial charge in [-0.2, -0.15) is 0 Å². The van der Waals surface area contributed by atoms with E-state index in [0.717, 1.165) is 5.36 Å². The van der Waals surface area contributed by atoms with Gasteiger partial charge in [0, 0.05) is 0 Å². The molecule has 1 heteroatoms. The first-order chi connectivity index (χ1) is 3.56. The summed E-state index contributed by atoms with van der Waals surface area (Å²) in [6, 6.07) is 0. The van der Waals surface area contributed by atoms with Gasteiger partial charge in [0.1, 0.15) is 0 Å². The molecule has 0 unspecified atom stereocenters. The molecule has 0 aromatic rings. The molecular weight excluding hydrogens is 143 g/mol. The van der Waals surface area contributed by atoms with Crippen molar-refractivity contribution in [1.29, 1.82) is 0 Å². The summed E-state index contributed by atoms with van der Waals surface area (Å²) < 4.78 is 0. The van der Waals surface area contributed by atoms with Crippen molar-refractivity contribution >= 4 is 0 Å². The van der Waals surface area contributed by atoms with Crippen LogP contribution in [-0.4, -0.2) is 0 Å². The summed E-state index contributed by atoms with van der Waals surface area (Å²) in [4.78, 5) is 0. The molecule has 0 aromatic carbocycles. The molecule has 0 saturated carbocycles. The molecule has 0 atom stereocenters. The van der Waals surface area contributed by atoms with Crippen molar-refractivity contribution in [2.45, 2.75) is 26.1 Å². The van der Waals surface area contributed by atoms with Crippen LogP contribution in [0.15, 0.2) is 12.2 Å². The van der Waals surface area contributed by atoms with Crippen LogP contribution < -0.4 is 0 Å². The quantitative estimate of drug-likeness (QED) is 0.512. The van der Waals surface area contributed by atoms with Crippen LogP contribution in [0.25, 0.3) is 0 Å². The Kier molecular flexibility index (Phi) is 3.41. The first kappa shape index (κ1) is 8.25. The SMILES string of the molecule is CC(C)(C)C=C[CH2][Co]. The molecule has 0 rings (SSSR count). The Hall–Kier alpha value is 0.246. The van der Waals surface area contributed by atoms with E-state index < -0.39 is 0 Å². The molecule has 0 N–H and O–H groups in total. The second kappa shape index (κ2) is 3.31. The fourth-order valence-corrected chi connectivity index (χ4v) is 0.516. The first-order valence-corrected chi connectivity index (χ1v) is 3.50. The Bertz CT molecular complexity index is 76.9. The number of hydrogen-bond acceptors (Lipinski definition) is 0. The molecule has 0 heterocycles. The van der Waals surface area contributed by atoms with Crippen molar-refractivity contribution in [3.63, 3.8) is 0 Å². The third kappa shape index (κ3) is 6.25. The molecule has 0 amide bonds. The molecular formula is C7H13Co. The van der Waals surface area contributed by atoms with Crippen molar-refractivity contribution in [3.8, 4) is 0 Å². The summed E-state index contributed by atoms with van der Waals surface area (Å²) in [7, 11) is 0. The maximum absolute atomic E-state index is 4.09. The predicted molar refractivity (Wildman–Crippen MR) is 33.4 cm³/mol. The molecule has 0 saturated heterocycles. The summed E-state index contributed by atoms with van der Waals surface area (Å²) in [5.41, 5.74) is 0.321. The topological polar surface area (TPSA) is 0 Å². The van der Waals surface area contributed by atoms with E-state index >= 15 is 0 Å². The molecule has 0 aliphatic heterocycles. The van der Waals surface area contributed by atoms with Gasteiger partial charge in [0.2, 0.25) is 0 Å². The molecule has 0 bridgehead atoms. The summed E-state index contributed by atoms with van der Waals surface area (Å²) in [5, 5.41) is 0.838. The van der Waals surface area contributed by atoms with Crippen LogP contribution in [0.2, 0.25) is 5.36 Å². The number of allylic oxidation sites excluding steroid dienone is 2. The van der Waals surface area contributed by atoms with Crippen LogP contribution in [0.4, 0.5) is 0 Å². The molecule has 0 fully saturated rings. The zero-order chi connectivity index (χ0) is 6.62. The van der Waals surface area contributed by atoms with Crippen molar-refractivity contribution in [1.82, 2.24) is 0 Å². The van der Waals surface area contributed by atoms with Gasteiger partial charge in [0.05, 0.1) is 0 Å². The molecule has 0 aliphatic carbocycles. The summed E-state index contributed by atoms with van der Waals surface area (Å²) in [6.45, 7) is 6.52. The van der Waals surface area contributed by atoms with Gasteiger partial charge in [-0.05, 0) is 0 Å². The fourth-order valence-electron chi connectivity index (χ4n) is 0.393. The van der Waals surface area contributed by atoms with Crippen LogP contribution in [0, 0.1) is 5.41 Å². The zero-order valence-electron chi connectivity index (χ0n) is 5.70. The van der Waals surface area contributed by atoms with Crippen LogP contribution in [0.5, 0.6) is 0 Å². The Labute approximate surface area is 59.9 Å². The molecule has 0 aliphatic rings. The molecule has 0 radical (unpaired) electrons. The minimum absolute atomic E-state index is 0.321. The van der Waals surface area contributed by atoms with Gasteiger partial charge in [-0.15, -0.1) is 0 Å². The van der Waals surface area contributed by atoms with Crippen molar-refractivity contribution in [2.75, 3.05) is 0 Å². The van der Waals surface area contributed by atoms with Crippen molar-refractivity contribution in [2.24, 2.45) is 5.41 Å². The van der Waals surface area contributed by atoms with Crippen molar-refractivity contribution < 1.29 is 15.7 Å². The van der Waals surface area contributed by atoms with E-state index in [2.05, 4.69) is 48.7 Å². The Balaban J connectivity index is 3.52. The van der Waals surface area contributed by atoms with E-state index in [4.69, 9.17) is 0 Å². The van der Waals surface area contributed by atoms with Crippen LogP contribution >= 0.6 is 0 Å². The van der Waals surface area contributed by atoms with Gasteiger partial charge in [-0.3, -0.25) is 0 Å².